The summed E-state index contributed by atoms with van der Waals surface area (Å²) >= 11 is 0. The number of carbonyl (C=O) groups is 1. The molecular formula is C20H17N3O4. The lowest BCUT2D eigenvalue weighted by molar-refractivity contribution is -0.145. The van der Waals surface area contributed by atoms with Crippen LogP contribution in [0.2, 0.25) is 0 Å². The maximum absolute atomic E-state index is 12.2. The number of benzene rings is 2. The first-order chi connectivity index (χ1) is 13.1. The first-order valence-corrected chi connectivity index (χ1v) is 8.63. The van der Waals surface area contributed by atoms with Gasteiger partial charge in [-0.3, -0.25) is 4.79 Å². The molecule has 0 N–H and O–H groups in total. The minimum absolute atomic E-state index is 0.0148. The molecule has 0 saturated carbocycles. The number of hydrogen-bond donors (Lipinski definition) is 0. The Kier molecular flexibility index (Phi) is 4.42. The average molecular weight is 363 g/mol. The van der Waals surface area contributed by atoms with Crippen molar-refractivity contribution in [2.24, 2.45) is 0 Å². The van der Waals surface area contributed by atoms with E-state index in [4.69, 9.17) is 9.15 Å². The van der Waals surface area contributed by atoms with Gasteiger partial charge in [0.15, 0.2) is 0 Å². The molecule has 2 aromatic carbocycles. The van der Waals surface area contributed by atoms with Crippen LogP contribution < -0.4 is 5.63 Å². The number of nitrogens with zero attached hydrogens (tertiary/aromatic N) is 3. The van der Waals surface area contributed by atoms with Crippen molar-refractivity contribution in [3.05, 3.63) is 70.1 Å². The van der Waals surface area contributed by atoms with Crippen LogP contribution in [0.15, 0.2) is 57.7 Å². The van der Waals surface area contributed by atoms with Crippen LogP contribution in [0.25, 0.3) is 22.0 Å². The van der Waals surface area contributed by atoms with E-state index < -0.39 is 11.6 Å². The fourth-order valence-corrected chi connectivity index (χ4v) is 2.97. The van der Waals surface area contributed by atoms with Crippen LogP contribution in [0.1, 0.15) is 18.1 Å². The van der Waals surface area contributed by atoms with Gasteiger partial charge >= 0.3 is 11.6 Å². The summed E-state index contributed by atoms with van der Waals surface area (Å²) in [6, 6.07) is 14.4. The molecule has 0 atom stereocenters. The molecule has 0 aliphatic carbocycles. The molecule has 0 saturated heterocycles. The van der Waals surface area contributed by atoms with Crippen molar-refractivity contribution in [3.63, 3.8) is 0 Å². The van der Waals surface area contributed by atoms with E-state index in [9.17, 15) is 9.59 Å². The molecule has 0 unspecified atom stereocenters. The van der Waals surface area contributed by atoms with Gasteiger partial charge in [-0.2, -0.15) is 0 Å². The summed E-state index contributed by atoms with van der Waals surface area (Å²) in [5.74, 6) is -0.461. The Labute approximate surface area is 154 Å². The van der Waals surface area contributed by atoms with Crippen molar-refractivity contribution in [2.45, 2.75) is 26.5 Å². The maximum atomic E-state index is 12.2. The van der Waals surface area contributed by atoms with Crippen LogP contribution >= 0.6 is 0 Å². The van der Waals surface area contributed by atoms with Gasteiger partial charge in [0.2, 0.25) is 0 Å². The van der Waals surface area contributed by atoms with Crippen LogP contribution in [0, 0.1) is 0 Å². The molecular weight excluding hydrogens is 346 g/mol. The molecule has 0 radical (unpaired) electrons. The van der Waals surface area contributed by atoms with Crippen LogP contribution in [0.5, 0.6) is 0 Å². The Bertz CT molecular complexity index is 1190. The molecule has 0 aliphatic heterocycles. The van der Waals surface area contributed by atoms with Crippen LogP contribution in [0.3, 0.4) is 0 Å². The van der Waals surface area contributed by atoms with E-state index in [1.807, 2.05) is 49.4 Å². The average Bonchev–Trinajstić information content (AvgIpc) is 3.08. The molecule has 4 rings (SSSR count). The van der Waals surface area contributed by atoms with E-state index in [2.05, 4.69) is 10.3 Å². The molecule has 0 spiro atoms. The maximum Gasteiger partial charge on any atom is 0.336 e. The van der Waals surface area contributed by atoms with Gasteiger partial charge in [0, 0.05) is 17.0 Å². The topological polar surface area (TPSA) is 87.2 Å². The highest BCUT2D eigenvalue weighted by molar-refractivity contribution is 5.81. The molecule has 0 fully saturated rings. The van der Waals surface area contributed by atoms with Crippen molar-refractivity contribution < 1.29 is 13.9 Å². The Balaban J connectivity index is 1.53. The molecule has 0 bridgehead atoms. The Morgan fingerprint density at radius 1 is 1.19 bits per heavy atom. The second-order valence-corrected chi connectivity index (χ2v) is 6.17. The molecule has 4 aromatic rings. The van der Waals surface area contributed by atoms with E-state index >= 15 is 0 Å². The number of para-hydroxylation sites is 1. The molecule has 0 aliphatic rings. The lowest BCUT2D eigenvalue weighted by Crippen LogP contribution is -2.15. The predicted octanol–water partition coefficient (Wildman–Crippen LogP) is 2.84. The first-order valence-electron chi connectivity index (χ1n) is 8.63. The second-order valence-electron chi connectivity index (χ2n) is 6.17. The smallest absolute Gasteiger partial charge is 0.336 e. The molecule has 7 heteroatoms. The number of ether oxygens (including phenoxy) is 1. The van der Waals surface area contributed by atoms with Gasteiger partial charge in [0.25, 0.3) is 0 Å². The number of aryl methyl sites for hydroxylation is 1. The number of hydrogen-bond acceptors (Lipinski definition) is 6. The van der Waals surface area contributed by atoms with Gasteiger partial charge in [-0.25, -0.2) is 9.48 Å². The van der Waals surface area contributed by atoms with Gasteiger partial charge in [0.05, 0.1) is 5.52 Å². The van der Waals surface area contributed by atoms with E-state index in [1.165, 1.54) is 10.7 Å². The summed E-state index contributed by atoms with van der Waals surface area (Å²) in [6.07, 6.45) is 0.838. The minimum atomic E-state index is -0.468. The lowest BCUT2D eigenvalue weighted by atomic mass is 10.1. The lowest BCUT2D eigenvalue weighted by Gasteiger charge is -2.08. The van der Waals surface area contributed by atoms with Crippen molar-refractivity contribution in [3.8, 4) is 0 Å². The van der Waals surface area contributed by atoms with E-state index in [1.54, 1.807) is 0 Å². The predicted molar refractivity (Wildman–Crippen MR) is 99.2 cm³/mol. The van der Waals surface area contributed by atoms with Gasteiger partial charge in [-0.15, -0.1) is 5.10 Å². The number of fused-ring (bicyclic) bond motifs is 2. The summed E-state index contributed by atoms with van der Waals surface area (Å²) in [5.41, 5.74) is 3.17. The zero-order valence-corrected chi connectivity index (χ0v) is 14.7. The molecule has 2 aromatic heterocycles. The summed E-state index contributed by atoms with van der Waals surface area (Å²) in [5, 5.41) is 8.74. The number of esters is 1. The summed E-state index contributed by atoms with van der Waals surface area (Å²) in [4.78, 5) is 24.1. The largest absolute Gasteiger partial charge is 0.459 e. The van der Waals surface area contributed by atoms with E-state index in [0.717, 1.165) is 22.9 Å². The van der Waals surface area contributed by atoms with E-state index in [-0.39, 0.29) is 13.2 Å². The fourth-order valence-electron chi connectivity index (χ4n) is 2.97. The van der Waals surface area contributed by atoms with Gasteiger partial charge < -0.3 is 9.15 Å². The van der Waals surface area contributed by atoms with Crippen molar-refractivity contribution in [2.75, 3.05) is 0 Å². The van der Waals surface area contributed by atoms with Gasteiger partial charge in [-0.05, 0) is 30.2 Å². The highest BCUT2D eigenvalue weighted by Gasteiger charge is 2.12. The Hall–Kier alpha value is -3.48. The van der Waals surface area contributed by atoms with Crippen molar-refractivity contribution in [1.82, 2.24) is 15.0 Å². The Morgan fingerprint density at radius 3 is 2.89 bits per heavy atom. The third kappa shape index (κ3) is 3.44. The van der Waals surface area contributed by atoms with E-state index in [0.29, 0.717) is 16.7 Å². The molecule has 136 valence electrons. The third-order valence-electron chi connectivity index (χ3n) is 4.39. The molecule has 7 nitrogen and oxygen atoms in total. The highest BCUT2D eigenvalue weighted by atomic mass is 16.5. The zero-order chi connectivity index (χ0) is 18.8. The summed E-state index contributed by atoms with van der Waals surface area (Å²) in [7, 11) is 0. The van der Waals surface area contributed by atoms with Crippen LogP contribution in [-0.2, 0) is 29.1 Å². The van der Waals surface area contributed by atoms with Gasteiger partial charge in [0.1, 0.15) is 24.3 Å². The number of rotatable bonds is 5. The first kappa shape index (κ1) is 17.0. The molecule has 2 heterocycles. The fraction of sp³-hybridized carbons (Fsp3) is 0.200. The number of carbonyl (C=O) groups excluding carboxylic acids is 1. The normalized spacial score (nSPS) is 11.1. The summed E-state index contributed by atoms with van der Waals surface area (Å²) < 4.78 is 12.1. The van der Waals surface area contributed by atoms with Gasteiger partial charge in [-0.1, -0.05) is 36.4 Å². The van der Waals surface area contributed by atoms with Crippen LogP contribution in [-0.4, -0.2) is 21.0 Å². The van der Waals surface area contributed by atoms with Crippen LogP contribution in [0.4, 0.5) is 0 Å². The van der Waals surface area contributed by atoms with Crippen molar-refractivity contribution in [1.29, 1.82) is 0 Å². The minimum Gasteiger partial charge on any atom is -0.459 e. The highest BCUT2D eigenvalue weighted by Crippen LogP contribution is 2.20. The number of aromatic nitrogens is 3. The monoisotopic (exact) mass is 363 g/mol. The SMILES string of the molecule is CCc1ccc2c(COC(=O)Cn3nnc4ccccc43)cc(=O)oc2c1. The summed E-state index contributed by atoms with van der Waals surface area (Å²) in [6.45, 7) is 1.96. The molecule has 27 heavy (non-hydrogen) atoms. The zero-order valence-electron chi connectivity index (χ0n) is 14.7. The second kappa shape index (κ2) is 7.03. The third-order valence-corrected chi connectivity index (χ3v) is 4.39. The standard InChI is InChI=1S/C20H17N3O4/c1-2-13-7-8-15-14(10-19(24)27-18(15)9-13)12-26-20(25)11-23-17-6-4-3-5-16(17)21-22-23/h3-10H,2,11-12H2,1H3. The molecule has 0 amide bonds. The Morgan fingerprint density at radius 2 is 2.04 bits per heavy atom. The van der Waals surface area contributed by atoms with Crippen molar-refractivity contribution >= 4 is 28.0 Å². The quantitative estimate of drug-likeness (QED) is 0.400.